The van der Waals surface area contributed by atoms with Gasteiger partial charge in [0.15, 0.2) is 0 Å². The van der Waals surface area contributed by atoms with Crippen molar-refractivity contribution < 1.29 is 19.1 Å². The van der Waals surface area contributed by atoms with E-state index in [0.717, 1.165) is 11.3 Å². The van der Waals surface area contributed by atoms with Crippen LogP contribution in [0.15, 0.2) is 24.3 Å². The van der Waals surface area contributed by atoms with Crippen LogP contribution in [0.3, 0.4) is 0 Å². The van der Waals surface area contributed by atoms with E-state index in [1.807, 2.05) is 31.2 Å². The number of ether oxygens (including phenoxy) is 2. The number of hydrogen-bond donors (Lipinski definition) is 2. The first-order chi connectivity index (χ1) is 12.0. The van der Waals surface area contributed by atoms with Crippen molar-refractivity contribution in [2.24, 2.45) is 0 Å². The van der Waals surface area contributed by atoms with Crippen molar-refractivity contribution in [2.75, 3.05) is 25.1 Å². The van der Waals surface area contributed by atoms with Crippen LogP contribution in [0.4, 0.5) is 5.69 Å². The van der Waals surface area contributed by atoms with Gasteiger partial charge in [0.2, 0.25) is 11.8 Å². The van der Waals surface area contributed by atoms with Crippen molar-refractivity contribution in [1.82, 2.24) is 5.32 Å². The van der Waals surface area contributed by atoms with Crippen molar-refractivity contribution in [3.63, 3.8) is 0 Å². The van der Waals surface area contributed by atoms with Gasteiger partial charge in [-0.2, -0.15) is 0 Å². The van der Waals surface area contributed by atoms with Gasteiger partial charge < -0.3 is 20.1 Å². The second-order valence-corrected chi connectivity index (χ2v) is 6.50. The van der Waals surface area contributed by atoms with Crippen LogP contribution in [0.1, 0.15) is 45.1 Å². The van der Waals surface area contributed by atoms with Gasteiger partial charge in [-0.3, -0.25) is 9.59 Å². The highest BCUT2D eigenvalue weighted by molar-refractivity contribution is 5.94. The average Bonchev–Trinajstić information content (AvgIpc) is 3.00. The molecule has 2 atom stereocenters. The zero-order valence-corrected chi connectivity index (χ0v) is 15.2. The SMILES string of the molecule is CCO[C@@H]1COC[C@H]1NC(=O)CCC(=O)Nc1ccccc1C(C)C. The zero-order valence-electron chi connectivity index (χ0n) is 15.2. The summed E-state index contributed by atoms with van der Waals surface area (Å²) < 4.78 is 10.9. The second kappa shape index (κ2) is 9.53. The number of para-hydroxylation sites is 1. The minimum absolute atomic E-state index is 0.110. The monoisotopic (exact) mass is 348 g/mol. The molecule has 0 bridgehead atoms. The van der Waals surface area contributed by atoms with Crippen molar-refractivity contribution >= 4 is 17.5 Å². The first-order valence-corrected chi connectivity index (χ1v) is 8.88. The highest BCUT2D eigenvalue weighted by atomic mass is 16.5. The molecule has 1 aromatic rings. The van der Waals surface area contributed by atoms with Crippen LogP contribution in [-0.4, -0.2) is 43.8 Å². The van der Waals surface area contributed by atoms with E-state index in [4.69, 9.17) is 9.47 Å². The van der Waals surface area contributed by atoms with Gasteiger partial charge in [-0.1, -0.05) is 32.0 Å². The predicted molar refractivity (Wildman–Crippen MR) is 96.6 cm³/mol. The molecule has 0 spiro atoms. The van der Waals surface area contributed by atoms with Gasteiger partial charge in [0.1, 0.15) is 6.10 Å². The van der Waals surface area contributed by atoms with Gasteiger partial charge in [-0.15, -0.1) is 0 Å². The quantitative estimate of drug-likeness (QED) is 0.756. The van der Waals surface area contributed by atoms with Gasteiger partial charge in [-0.05, 0) is 24.5 Å². The third-order valence-electron chi connectivity index (χ3n) is 4.19. The molecule has 6 nitrogen and oxygen atoms in total. The number of benzene rings is 1. The third kappa shape index (κ3) is 5.83. The van der Waals surface area contributed by atoms with Crippen LogP contribution in [0.2, 0.25) is 0 Å². The molecule has 25 heavy (non-hydrogen) atoms. The normalized spacial score (nSPS) is 19.8. The summed E-state index contributed by atoms with van der Waals surface area (Å²) >= 11 is 0. The number of nitrogens with one attached hydrogen (secondary N) is 2. The maximum atomic E-state index is 12.2. The lowest BCUT2D eigenvalue weighted by atomic mass is 10.0. The summed E-state index contributed by atoms with van der Waals surface area (Å²) in [5.74, 6) is -0.00237. The minimum atomic E-state index is -0.160. The summed E-state index contributed by atoms with van der Waals surface area (Å²) in [6, 6.07) is 7.59. The minimum Gasteiger partial charge on any atom is -0.376 e. The number of hydrogen-bond acceptors (Lipinski definition) is 4. The highest BCUT2D eigenvalue weighted by Crippen LogP contribution is 2.23. The molecule has 1 aromatic carbocycles. The van der Waals surface area contributed by atoms with Gasteiger partial charge in [0.25, 0.3) is 0 Å². The first-order valence-electron chi connectivity index (χ1n) is 8.88. The van der Waals surface area contributed by atoms with Gasteiger partial charge in [0, 0.05) is 25.1 Å². The van der Waals surface area contributed by atoms with Gasteiger partial charge >= 0.3 is 0 Å². The fraction of sp³-hybridized carbons (Fsp3) is 0.579. The molecule has 0 aliphatic carbocycles. The van der Waals surface area contributed by atoms with E-state index >= 15 is 0 Å². The van der Waals surface area contributed by atoms with Gasteiger partial charge in [0.05, 0.1) is 19.3 Å². The van der Waals surface area contributed by atoms with E-state index in [-0.39, 0.29) is 36.8 Å². The van der Waals surface area contributed by atoms with E-state index in [1.54, 1.807) is 0 Å². The van der Waals surface area contributed by atoms with E-state index in [1.165, 1.54) is 0 Å². The Bertz CT molecular complexity index is 589. The van der Waals surface area contributed by atoms with Crippen molar-refractivity contribution in [2.45, 2.75) is 51.7 Å². The smallest absolute Gasteiger partial charge is 0.224 e. The molecular formula is C19H28N2O4. The summed E-state index contributed by atoms with van der Waals surface area (Å²) in [5, 5.41) is 5.80. The predicted octanol–water partition coefficient (Wildman–Crippen LogP) is 2.45. The Balaban J connectivity index is 1.79. The van der Waals surface area contributed by atoms with Crippen molar-refractivity contribution in [3.05, 3.63) is 29.8 Å². The van der Waals surface area contributed by atoms with Crippen LogP contribution in [0, 0.1) is 0 Å². The molecular weight excluding hydrogens is 320 g/mol. The van der Waals surface area contributed by atoms with Crippen molar-refractivity contribution in [1.29, 1.82) is 0 Å². The number of carbonyl (C=O) groups excluding carboxylic acids is 2. The lowest BCUT2D eigenvalue weighted by molar-refractivity contribution is -0.125. The van der Waals surface area contributed by atoms with E-state index in [9.17, 15) is 9.59 Å². The Hall–Kier alpha value is -1.92. The molecule has 1 heterocycles. The Morgan fingerprint density at radius 2 is 1.92 bits per heavy atom. The maximum absolute atomic E-state index is 12.2. The lowest BCUT2D eigenvalue weighted by Crippen LogP contribution is -2.43. The summed E-state index contributed by atoms with van der Waals surface area (Å²) in [7, 11) is 0. The fourth-order valence-electron chi connectivity index (χ4n) is 2.88. The largest absolute Gasteiger partial charge is 0.376 e. The summed E-state index contributed by atoms with van der Waals surface area (Å²) in [4.78, 5) is 24.2. The molecule has 1 saturated heterocycles. The molecule has 2 rings (SSSR count). The van der Waals surface area contributed by atoms with Crippen LogP contribution in [0.25, 0.3) is 0 Å². The number of carbonyl (C=O) groups is 2. The first kappa shape index (κ1) is 19.4. The van der Waals surface area contributed by atoms with Crippen LogP contribution < -0.4 is 10.6 Å². The highest BCUT2D eigenvalue weighted by Gasteiger charge is 2.29. The van der Waals surface area contributed by atoms with E-state index < -0.39 is 0 Å². The van der Waals surface area contributed by atoms with E-state index in [0.29, 0.717) is 25.7 Å². The molecule has 0 saturated carbocycles. The standard InChI is InChI=1S/C19H28N2O4/c1-4-25-17-12-24-11-16(17)21-19(23)10-9-18(22)20-15-8-6-5-7-14(15)13(2)3/h5-8,13,16-17H,4,9-12H2,1-3H3,(H,20,22)(H,21,23)/t16-,17-/m1/s1. The number of rotatable bonds is 8. The molecule has 1 aliphatic rings. The number of amides is 2. The molecule has 1 aliphatic heterocycles. The molecule has 138 valence electrons. The Labute approximate surface area is 149 Å². The molecule has 0 aromatic heterocycles. The second-order valence-electron chi connectivity index (χ2n) is 6.50. The fourth-order valence-corrected chi connectivity index (χ4v) is 2.88. The Morgan fingerprint density at radius 1 is 1.20 bits per heavy atom. The maximum Gasteiger partial charge on any atom is 0.224 e. The third-order valence-corrected chi connectivity index (χ3v) is 4.19. The molecule has 2 N–H and O–H groups in total. The van der Waals surface area contributed by atoms with Crippen LogP contribution in [-0.2, 0) is 19.1 Å². The van der Waals surface area contributed by atoms with Crippen LogP contribution in [0.5, 0.6) is 0 Å². The molecule has 0 radical (unpaired) electrons. The number of anilines is 1. The summed E-state index contributed by atoms with van der Waals surface area (Å²) in [5.41, 5.74) is 1.89. The zero-order chi connectivity index (χ0) is 18.2. The summed E-state index contributed by atoms with van der Waals surface area (Å²) in [6.07, 6.45) is 0.177. The average molecular weight is 348 g/mol. The molecule has 2 amide bonds. The van der Waals surface area contributed by atoms with Crippen molar-refractivity contribution in [3.8, 4) is 0 Å². The molecule has 1 fully saturated rings. The van der Waals surface area contributed by atoms with Gasteiger partial charge in [-0.25, -0.2) is 0 Å². The summed E-state index contributed by atoms with van der Waals surface area (Å²) in [6.45, 7) is 7.60. The Morgan fingerprint density at radius 3 is 2.64 bits per heavy atom. The van der Waals surface area contributed by atoms with Crippen LogP contribution >= 0.6 is 0 Å². The Kier molecular flexibility index (Phi) is 7.40. The molecule has 0 unspecified atom stereocenters. The van der Waals surface area contributed by atoms with E-state index in [2.05, 4.69) is 24.5 Å². The molecule has 6 heteroatoms. The topological polar surface area (TPSA) is 76.7 Å². The lowest BCUT2D eigenvalue weighted by Gasteiger charge is -2.19.